The van der Waals surface area contributed by atoms with E-state index in [9.17, 15) is 9.90 Å². The van der Waals surface area contributed by atoms with Gasteiger partial charge in [-0.05, 0) is 5.56 Å². The van der Waals surface area contributed by atoms with Crippen molar-refractivity contribution in [3.63, 3.8) is 0 Å². The molecule has 0 unspecified atom stereocenters. The van der Waals surface area contributed by atoms with Gasteiger partial charge in [-0.15, -0.1) is 0 Å². The fourth-order valence-corrected chi connectivity index (χ4v) is 2.35. The normalized spacial score (nSPS) is 23.9. The Labute approximate surface area is 113 Å². The standard InChI is InChI=1S/C15H19NO3/c1-19-15(18)14-10-13(17)11-16(14)9-5-8-12-6-3-2-4-7-12/h2-8,13-14,17H,9-11H2,1H3/t13-,14-/m0/s1. The average molecular weight is 261 g/mol. The van der Waals surface area contributed by atoms with Gasteiger partial charge in [0.05, 0.1) is 13.2 Å². The van der Waals surface area contributed by atoms with E-state index >= 15 is 0 Å². The maximum Gasteiger partial charge on any atom is 0.323 e. The molecule has 0 aromatic heterocycles. The molecule has 1 aliphatic heterocycles. The number of aliphatic hydroxyl groups excluding tert-OH is 1. The van der Waals surface area contributed by atoms with Crippen molar-refractivity contribution in [1.82, 2.24) is 4.90 Å². The average Bonchev–Trinajstić information content (AvgIpc) is 2.80. The Morgan fingerprint density at radius 2 is 2.21 bits per heavy atom. The summed E-state index contributed by atoms with van der Waals surface area (Å²) in [6, 6.07) is 9.65. The lowest BCUT2D eigenvalue weighted by molar-refractivity contribution is -0.145. The first-order chi connectivity index (χ1) is 9.20. The number of esters is 1. The van der Waals surface area contributed by atoms with Gasteiger partial charge in [0, 0.05) is 19.5 Å². The van der Waals surface area contributed by atoms with Crippen molar-refractivity contribution in [2.24, 2.45) is 0 Å². The van der Waals surface area contributed by atoms with Gasteiger partial charge in [0.1, 0.15) is 6.04 Å². The van der Waals surface area contributed by atoms with E-state index in [-0.39, 0.29) is 12.0 Å². The molecule has 102 valence electrons. The summed E-state index contributed by atoms with van der Waals surface area (Å²) in [6.45, 7) is 1.14. The zero-order valence-electron chi connectivity index (χ0n) is 11.0. The van der Waals surface area contributed by atoms with Crippen molar-refractivity contribution >= 4 is 12.0 Å². The molecule has 4 heteroatoms. The van der Waals surface area contributed by atoms with Crippen LogP contribution < -0.4 is 0 Å². The number of nitrogens with zero attached hydrogens (tertiary/aromatic N) is 1. The number of methoxy groups -OCH3 is 1. The van der Waals surface area contributed by atoms with E-state index in [1.807, 2.05) is 47.4 Å². The highest BCUT2D eigenvalue weighted by molar-refractivity contribution is 5.76. The number of rotatable bonds is 4. The van der Waals surface area contributed by atoms with Crippen LogP contribution in [0.1, 0.15) is 12.0 Å². The number of likely N-dealkylation sites (tertiary alicyclic amines) is 1. The van der Waals surface area contributed by atoms with E-state index in [2.05, 4.69) is 0 Å². The summed E-state index contributed by atoms with van der Waals surface area (Å²) in [6.07, 6.45) is 4.02. The van der Waals surface area contributed by atoms with Gasteiger partial charge in [0.15, 0.2) is 0 Å². The summed E-state index contributed by atoms with van der Waals surface area (Å²) in [5, 5.41) is 9.66. The third-order valence-electron chi connectivity index (χ3n) is 3.30. The highest BCUT2D eigenvalue weighted by atomic mass is 16.5. The zero-order valence-corrected chi connectivity index (χ0v) is 11.0. The molecule has 19 heavy (non-hydrogen) atoms. The molecule has 1 N–H and O–H groups in total. The molecular weight excluding hydrogens is 242 g/mol. The van der Waals surface area contributed by atoms with Crippen LogP contribution in [-0.4, -0.2) is 48.3 Å². The summed E-state index contributed by atoms with van der Waals surface area (Å²) in [4.78, 5) is 13.5. The number of carbonyl (C=O) groups excluding carboxylic acids is 1. The number of carbonyl (C=O) groups is 1. The Morgan fingerprint density at radius 1 is 1.47 bits per heavy atom. The lowest BCUT2D eigenvalue weighted by atomic mass is 10.2. The van der Waals surface area contributed by atoms with E-state index in [1.165, 1.54) is 7.11 Å². The van der Waals surface area contributed by atoms with Gasteiger partial charge in [0.2, 0.25) is 0 Å². The van der Waals surface area contributed by atoms with Crippen molar-refractivity contribution in [3.8, 4) is 0 Å². The topological polar surface area (TPSA) is 49.8 Å². The number of β-amino-alcohol motifs (C(OH)–C–C–N with tert-alkyl or cyclic N) is 1. The van der Waals surface area contributed by atoms with Gasteiger partial charge in [-0.25, -0.2) is 0 Å². The van der Waals surface area contributed by atoms with E-state index in [4.69, 9.17) is 4.74 Å². The van der Waals surface area contributed by atoms with Crippen molar-refractivity contribution in [2.75, 3.05) is 20.2 Å². The molecule has 0 aliphatic carbocycles. The van der Waals surface area contributed by atoms with Gasteiger partial charge < -0.3 is 9.84 Å². The van der Waals surface area contributed by atoms with Gasteiger partial charge in [-0.1, -0.05) is 42.5 Å². The number of ether oxygens (including phenoxy) is 1. The SMILES string of the molecule is COC(=O)[C@@H]1C[C@H](O)CN1CC=Cc1ccccc1. The van der Waals surface area contributed by atoms with Crippen molar-refractivity contribution in [1.29, 1.82) is 0 Å². The molecule has 0 radical (unpaired) electrons. The maximum atomic E-state index is 11.6. The van der Waals surface area contributed by atoms with Crippen LogP contribution in [0.2, 0.25) is 0 Å². The summed E-state index contributed by atoms with van der Waals surface area (Å²) < 4.78 is 4.76. The van der Waals surface area contributed by atoms with Crippen LogP contribution in [0.15, 0.2) is 36.4 Å². The number of aliphatic hydroxyl groups is 1. The molecule has 1 fully saturated rings. The lowest BCUT2D eigenvalue weighted by Gasteiger charge is -2.19. The second-order valence-corrected chi connectivity index (χ2v) is 4.70. The second kappa shape index (κ2) is 6.50. The van der Waals surface area contributed by atoms with Gasteiger partial charge in [-0.3, -0.25) is 9.69 Å². The fraction of sp³-hybridized carbons (Fsp3) is 0.400. The minimum atomic E-state index is -0.450. The molecule has 2 atom stereocenters. The Hall–Kier alpha value is -1.65. The fourth-order valence-electron chi connectivity index (χ4n) is 2.35. The molecule has 1 aromatic rings. The number of hydrogen-bond acceptors (Lipinski definition) is 4. The Balaban J connectivity index is 1.94. The van der Waals surface area contributed by atoms with E-state index in [0.29, 0.717) is 19.5 Å². The molecule has 1 aliphatic rings. The van der Waals surface area contributed by atoms with E-state index in [1.54, 1.807) is 0 Å². The largest absolute Gasteiger partial charge is 0.468 e. The maximum absolute atomic E-state index is 11.6. The summed E-state index contributed by atoms with van der Waals surface area (Å²) in [5.74, 6) is -0.273. The van der Waals surface area contributed by atoms with Crippen LogP contribution in [0.5, 0.6) is 0 Å². The quantitative estimate of drug-likeness (QED) is 0.830. The predicted molar refractivity (Wildman–Crippen MR) is 73.5 cm³/mol. The molecule has 1 heterocycles. The molecule has 0 saturated carbocycles. The van der Waals surface area contributed by atoms with Crippen LogP contribution in [0.4, 0.5) is 0 Å². The van der Waals surface area contributed by atoms with Crippen molar-refractivity contribution in [3.05, 3.63) is 42.0 Å². The third kappa shape index (κ3) is 3.66. The number of hydrogen-bond donors (Lipinski definition) is 1. The Bertz CT molecular complexity index is 444. The van der Waals surface area contributed by atoms with Crippen LogP contribution in [0.25, 0.3) is 6.08 Å². The molecule has 0 bridgehead atoms. The molecule has 0 amide bonds. The van der Waals surface area contributed by atoms with Crippen LogP contribution in [0, 0.1) is 0 Å². The highest BCUT2D eigenvalue weighted by Gasteiger charge is 2.35. The minimum absolute atomic E-state index is 0.273. The van der Waals surface area contributed by atoms with E-state index < -0.39 is 6.10 Å². The van der Waals surface area contributed by atoms with Crippen LogP contribution >= 0.6 is 0 Å². The first-order valence-corrected chi connectivity index (χ1v) is 6.42. The summed E-state index contributed by atoms with van der Waals surface area (Å²) in [5.41, 5.74) is 1.12. The molecule has 4 nitrogen and oxygen atoms in total. The van der Waals surface area contributed by atoms with E-state index in [0.717, 1.165) is 5.56 Å². The summed E-state index contributed by atoms with van der Waals surface area (Å²) >= 11 is 0. The number of benzene rings is 1. The first-order valence-electron chi connectivity index (χ1n) is 6.42. The molecular formula is C15H19NO3. The Kier molecular flexibility index (Phi) is 4.71. The van der Waals surface area contributed by atoms with Gasteiger partial charge in [-0.2, -0.15) is 0 Å². The Morgan fingerprint density at radius 3 is 2.89 bits per heavy atom. The van der Waals surface area contributed by atoms with Crippen LogP contribution in [-0.2, 0) is 9.53 Å². The van der Waals surface area contributed by atoms with Crippen molar-refractivity contribution in [2.45, 2.75) is 18.6 Å². The smallest absolute Gasteiger partial charge is 0.323 e. The molecule has 1 saturated heterocycles. The second-order valence-electron chi connectivity index (χ2n) is 4.70. The lowest BCUT2D eigenvalue weighted by Crippen LogP contribution is -2.36. The first kappa shape index (κ1) is 13.8. The zero-order chi connectivity index (χ0) is 13.7. The monoisotopic (exact) mass is 261 g/mol. The minimum Gasteiger partial charge on any atom is -0.468 e. The van der Waals surface area contributed by atoms with Crippen LogP contribution in [0.3, 0.4) is 0 Å². The summed E-state index contributed by atoms with van der Waals surface area (Å²) in [7, 11) is 1.38. The van der Waals surface area contributed by atoms with Crippen molar-refractivity contribution < 1.29 is 14.6 Å². The van der Waals surface area contributed by atoms with Gasteiger partial charge in [0.25, 0.3) is 0 Å². The predicted octanol–water partition coefficient (Wildman–Crippen LogP) is 1.31. The van der Waals surface area contributed by atoms with Gasteiger partial charge >= 0.3 is 5.97 Å². The molecule has 1 aromatic carbocycles. The molecule has 0 spiro atoms. The highest BCUT2D eigenvalue weighted by Crippen LogP contribution is 2.18. The third-order valence-corrected chi connectivity index (χ3v) is 3.30. The molecule has 2 rings (SSSR count).